The van der Waals surface area contributed by atoms with Gasteiger partial charge in [0.15, 0.2) is 5.69 Å². The van der Waals surface area contributed by atoms with Crippen LogP contribution in [0.4, 0.5) is 5.69 Å². The number of anilines is 1. The molecule has 0 saturated heterocycles. The van der Waals surface area contributed by atoms with E-state index in [9.17, 15) is 9.59 Å². The molecule has 134 valence electrons. The molecule has 0 radical (unpaired) electrons. The van der Waals surface area contributed by atoms with Crippen LogP contribution in [0, 0.1) is 13.8 Å². The van der Waals surface area contributed by atoms with Gasteiger partial charge in [-0.25, -0.2) is 4.68 Å². The maximum Gasteiger partial charge on any atom is 0.278 e. The lowest BCUT2D eigenvalue weighted by Crippen LogP contribution is -2.18. The summed E-state index contributed by atoms with van der Waals surface area (Å²) in [5.74, 6) is -0.553. The number of rotatable bonds is 5. The van der Waals surface area contributed by atoms with E-state index >= 15 is 0 Å². The molecule has 9 nitrogen and oxygen atoms in total. The third kappa shape index (κ3) is 3.59. The van der Waals surface area contributed by atoms with Gasteiger partial charge in [0, 0.05) is 18.3 Å². The summed E-state index contributed by atoms with van der Waals surface area (Å²) in [5, 5.41) is 13.3. The minimum absolute atomic E-state index is 0.187. The van der Waals surface area contributed by atoms with Crippen molar-refractivity contribution in [2.45, 2.75) is 20.4 Å². The van der Waals surface area contributed by atoms with Crippen molar-refractivity contribution in [3.8, 4) is 0 Å². The van der Waals surface area contributed by atoms with Crippen LogP contribution < -0.4 is 10.6 Å². The zero-order chi connectivity index (χ0) is 18.7. The molecule has 10 heteroatoms. The zero-order valence-corrected chi connectivity index (χ0v) is 15.3. The van der Waals surface area contributed by atoms with E-state index in [2.05, 4.69) is 29.7 Å². The molecule has 2 aromatic heterocycles. The van der Waals surface area contributed by atoms with Crippen LogP contribution in [0.3, 0.4) is 0 Å². The average molecular weight is 371 g/mol. The molecule has 0 aliphatic carbocycles. The van der Waals surface area contributed by atoms with Gasteiger partial charge < -0.3 is 10.6 Å². The second-order valence-electron chi connectivity index (χ2n) is 5.59. The van der Waals surface area contributed by atoms with Crippen molar-refractivity contribution < 1.29 is 9.59 Å². The molecule has 0 fully saturated rings. The van der Waals surface area contributed by atoms with E-state index in [0.29, 0.717) is 23.5 Å². The predicted octanol–water partition coefficient (Wildman–Crippen LogP) is 1.41. The van der Waals surface area contributed by atoms with Gasteiger partial charge >= 0.3 is 0 Å². The summed E-state index contributed by atoms with van der Waals surface area (Å²) in [6.45, 7) is 4.06. The van der Waals surface area contributed by atoms with E-state index in [-0.39, 0.29) is 17.5 Å². The molecule has 0 bridgehead atoms. The summed E-state index contributed by atoms with van der Waals surface area (Å²) < 4.78 is 9.96. The van der Waals surface area contributed by atoms with Crippen LogP contribution in [-0.4, -0.2) is 42.6 Å². The first-order valence-corrected chi connectivity index (χ1v) is 8.54. The summed E-state index contributed by atoms with van der Waals surface area (Å²) in [5.41, 5.74) is 3.60. The Morgan fingerprint density at radius 3 is 2.46 bits per heavy atom. The fourth-order valence-electron chi connectivity index (χ4n) is 2.29. The highest BCUT2D eigenvalue weighted by molar-refractivity contribution is 6.99. The molecule has 2 N–H and O–H groups in total. The van der Waals surface area contributed by atoms with Gasteiger partial charge in [0.05, 0.1) is 35.4 Å². The van der Waals surface area contributed by atoms with E-state index in [1.54, 1.807) is 42.9 Å². The van der Waals surface area contributed by atoms with Crippen LogP contribution >= 0.6 is 11.7 Å². The van der Waals surface area contributed by atoms with Gasteiger partial charge in [0.25, 0.3) is 11.8 Å². The second kappa shape index (κ2) is 7.40. The highest BCUT2D eigenvalue weighted by Crippen LogP contribution is 2.14. The van der Waals surface area contributed by atoms with Crippen molar-refractivity contribution in [2.75, 3.05) is 12.4 Å². The highest BCUT2D eigenvalue weighted by atomic mass is 32.1. The fraction of sp³-hybridized carbons (Fsp3) is 0.250. The van der Waals surface area contributed by atoms with Gasteiger partial charge in [-0.2, -0.15) is 8.75 Å². The number of aromatic nitrogens is 5. The van der Waals surface area contributed by atoms with Gasteiger partial charge in [-0.3, -0.25) is 9.59 Å². The number of carbonyl (C=O) groups excluding carboxylic acids is 2. The maximum atomic E-state index is 12.5. The van der Waals surface area contributed by atoms with E-state index in [1.807, 2.05) is 6.92 Å². The Kier molecular flexibility index (Phi) is 5.03. The number of hydrogen-bond acceptors (Lipinski definition) is 7. The first-order chi connectivity index (χ1) is 12.5. The molecule has 0 saturated carbocycles. The number of nitrogens with zero attached hydrogens (tertiary/aromatic N) is 5. The summed E-state index contributed by atoms with van der Waals surface area (Å²) in [4.78, 5) is 24.0. The van der Waals surface area contributed by atoms with Crippen LogP contribution in [-0.2, 0) is 6.54 Å². The summed E-state index contributed by atoms with van der Waals surface area (Å²) in [6, 6.07) is 6.59. The van der Waals surface area contributed by atoms with E-state index < -0.39 is 0 Å². The van der Waals surface area contributed by atoms with Crippen LogP contribution in [0.1, 0.15) is 37.9 Å². The third-order valence-electron chi connectivity index (χ3n) is 3.88. The van der Waals surface area contributed by atoms with Gasteiger partial charge in [-0.1, -0.05) is 5.21 Å². The van der Waals surface area contributed by atoms with Gasteiger partial charge in [-0.15, -0.1) is 5.10 Å². The first kappa shape index (κ1) is 17.7. The number of aryl methyl sites for hydroxylation is 1. The van der Waals surface area contributed by atoms with Crippen molar-refractivity contribution in [1.82, 2.24) is 29.1 Å². The van der Waals surface area contributed by atoms with Crippen LogP contribution in [0.15, 0.2) is 24.3 Å². The third-order valence-corrected chi connectivity index (χ3v) is 4.53. The van der Waals surface area contributed by atoms with Gasteiger partial charge in [0.1, 0.15) is 0 Å². The molecule has 0 unspecified atom stereocenters. The molecular weight excluding hydrogens is 354 g/mol. The molecule has 0 aliphatic heterocycles. The molecule has 1 aromatic carbocycles. The fourth-order valence-corrected chi connectivity index (χ4v) is 2.85. The zero-order valence-electron chi connectivity index (χ0n) is 14.5. The minimum atomic E-state index is -0.366. The largest absolute Gasteiger partial charge is 0.355 e. The van der Waals surface area contributed by atoms with Crippen molar-refractivity contribution in [3.05, 3.63) is 52.6 Å². The maximum absolute atomic E-state index is 12.5. The standard InChI is InChI=1S/C16H17N7O2S/c1-9-13(21-26-20-9)8-23-10(2)14(19-22-23)16(25)18-12-6-4-11(5-7-12)15(24)17-3/h4-7H,8H2,1-3H3,(H,17,24)(H,18,25). The van der Waals surface area contributed by atoms with Crippen LogP contribution in [0.25, 0.3) is 0 Å². The normalized spacial score (nSPS) is 10.6. The lowest BCUT2D eigenvalue weighted by molar-refractivity contribution is 0.0962. The summed E-state index contributed by atoms with van der Waals surface area (Å²) in [6.07, 6.45) is 0. The Labute approximate surface area is 153 Å². The van der Waals surface area contributed by atoms with Crippen molar-refractivity contribution in [1.29, 1.82) is 0 Å². The first-order valence-electron chi connectivity index (χ1n) is 7.81. The molecule has 0 spiro atoms. The molecule has 3 rings (SSSR count). The molecule has 2 heterocycles. The van der Waals surface area contributed by atoms with Crippen molar-refractivity contribution in [3.63, 3.8) is 0 Å². The van der Waals surface area contributed by atoms with Gasteiger partial charge in [0.2, 0.25) is 0 Å². The smallest absolute Gasteiger partial charge is 0.278 e. The second-order valence-corrected chi connectivity index (χ2v) is 6.12. The summed E-state index contributed by atoms with van der Waals surface area (Å²) >= 11 is 1.14. The topological polar surface area (TPSA) is 115 Å². The molecule has 3 aromatic rings. The lowest BCUT2D eigenvalue weighted by atomic mass is 10.2. The molecule has 26 heavy (non-hydrogen) atoms. The predicted molar refractivity (Wildman–Crippen MR) is 96.3 cm³/mol. The quantitative estimate of drug-likeness (QED) is 0.701. The van der Waals surface area contributed by atoms with Crippen LogP contribution in [0.5, 0.6) is 0 Å². The molecule has 2 amide bonds. The highest BCUT2D eigenvalue weighted by Gasteiger charge is 2.18. The number of hydrogen-bond donors (Lipinski definition) is 2. The Morgan fingerprint density at radius 2 is 1.85 bits per heavy atom. The van der Waals surface area contributed by atoms with Crippen molar-refractivity contribution >= 4 is 29.2 Å². The Balaban J connectivity index is 1.72. The lowest BCUT2D eigenvalue weighted by Gasteiger charge is -2.06. The average Bonchev–Trinajstić information content (AvgIpc) is 3.21. The monoisotopic (exact) mass is 371 g/mol. The number of benzene rings is 1. The van der Waals surface area contributed by atoms with E-state index in [1.165, 1.54) is 0 Å². The van der Waals surface area contributed by atoms with E-state index in [4.69, 9.17) is 0 Å². The Bertz CT molecular complexity index is 946. The van der Waals surface area contributed by atoms with E-state index in [0.717, 1.165) is 23.1 Å². The summed E-state index contributed by atoms with van der Waals surface area (Å²) in [7, 11) is 1.56. The number of amides is 2. The number of nitrogens with one attached hydrogen (secondary N) is 2. The molecule has 0 atom stereocenters. The molecular formula is C16H17N7O2S. The molecule has 0 aliphatic rings. The number of carbonyl (C=O) groups is 2. The SMILES string of the molecule is CNC(=O)c1ccc(NC(=O)c2nnn(Cc3nsnc3C)c2C)cc1. The Hall–Kier alpha value is -3.14. The Morgan fingerprint density at radius 1 is 1.12 bits per heavy atom. The van der Waals surface area contributed by atoms with Crippen molar-refractivity contribution in [2.24, 2.45) is 0 Å². The minimum Gasteiger partial charge on any atom is -0.355 e. The van der Waals surface area contributed by atoms with Crippen LogP contribution in [0.2, 0.25) is 0 Å². The van der Waals surface area contributed by atoms with Gasteiger partial charge in [-0.05, 0) is 38.1 Å².